The Balaban J connectivity index is 2.43. The third kappa shape index (κ3) is 4.37. The molecule has 0 aliphatic heterocycles. The first kappa shape index (κ1) is 17.6. The number of nitrogens with zero attached hydrogens (tertiary/aromatic N) is 2. The van der Waals surface area contributed by atoms with E-state index in [1.54, 1.807) is 0 Å². The Morgan fingerprint density at radius 3 is 2.17 bits per heavy atom. The van der Waals surface area contributed by atoms with Crippen LogP contribution in [0.3, 0.4) is 0 Å². The second-order valence-electron chi connectivity index (χ2n) is 7.15. The van der Waals surface area contributed by atoms with Crippen LogP contribution in [0.15, 0.2) is 35.1 Å². The summed E-state index contributed by atoms with van der Waals surface area (Å²) in [7, 11) is 3.97. The molecule has 0 saturated carbocycles. The normalized spacial score (nSPS) is 16.9. The minimum absolute atomic E-state index is 0.495. The molecule has 0 aromatic heterocycles. The molecule has 2 rings (SSSR count). The molecule has 0 atom stereocenters. The molecule has 1 aromatic carbocycles. The minimum atomic E-state index is 0.495. The molecule has 0 unspecified atom stereocenters. The summed E-state index contributed by atoms with van der Waals surface area (Å²) in [6.45, 7) is 9.03. The van der Waals surface area contributed by atoms with Crippen molar-refractivity contribution in [2.75, 3.05) is 19.4 Å². The van der Waals surface area contributed by atoms with Crippen molar-refractivity contribution in [1.29, 1.82) is 0 Å². The number of para-hydroxylation sites is 1. The van der Waals surface area contributed by atoms with Gasteiger partial charge in [-0.15, -0.1) is 0 Å². The van der Waals surface area contributed by atoms with Crippen LogP contribution in [-0.4, -0.2) is 24.8 Å². The molecule has 1 N–H and O–H groups in total. The van der Waals surface area contributed by atoms with Crippen molar-refractivity contribution in [2.45, 2.75) is 58.8 Å². The predicted molar refractivity (Wildman–Crippen MR) is 101 cm³/mol. The van der Waals surface area contributed by atoms with Crippen LogP contribution in [0.1, 0.15) is 69.9 Å². The molecular formula is C20H31N3. The lowest BCUT2D eigenvalue weighted by molar-refractivity contribution is 0.435. The molecule has 0 spiro atoms. The van der Waals surface area contributed by atoms with E-state index in [9.17, 15) is 0 Å². The van der Waals surface area contributed by atoms with Gasteiger partial charge in [0.25, 0.3) is 0 Å². The fourth-order valence-corrected chi connectivity index (χ4v) is 3.07. The first-order valence-electron chi connectivity index (χ1n) is 8.75. The standard InChI is InChI=1S/C20H31N3/c1-14(2)16-10-9-11-17(15(3)4)20(16)21-18-12-7-8-13-19(18)22-23(5)6/h9-12,14-15,21H,7-8,13H2,1-6H3/b22-19+. The SMILES string of the molecule is CC(C)c1cccc(C(C)C)c1NC1=CCCC/C1=N\N(C)C. The zero-order valence-corrected chi connectivity index (χ0v) is 15.5. The molecule has 1 aliphatic carbocycles. The Morgan fingerprint density at radius 1 is 1.04 bits per heavy atom. The summed E-state index contributed by atoms with van der Waals surface area (Å²) >= 11 is 0. The lowest BCUT2D eigenvalue weighted by Crippen LogP contribution is -2.20. The summed E-state index contributed by atoms with van der Waals surface area (Å²) in [4.78, 5) is 0. The Labute approximate surface area is 141 Å². The molecule has 126 valence electrons. The summed E-state index contributed by atoms with van der Waals surface area (Å²) in [5, 5.41) is 10.3. The Hall–Kier alpha value is -1.77. The first-order valence-corrected chi connectivity index (χ1v) is 8.75. The second-order valence-corrected chi connectivity index (χ2v) is 7.15. The van der Waals surface area contributed by atoms with Gasteiger partial charge in [-0.3, -0.25) is 0 Å². The summed E-state index contributed by atoms with van der Waals surface area (Å²) in [6.07, 6.45) is 5.64. The number of anilines is 1. The van der Waals surface area contributed by atoms with Crippen molar-refractivity contribution >= 4 is 11.4 Å². The average molecular weight is 313 g/mol. The van der Waals surface area contributed by atoms with E-state index < -0.39 is 0 Å². The van der Waals surface area contributed by atoms with Crippen LogP contribution in [0.4, 0.5) is 5.69 Å². The van der Waals surface area contributed by atoms with E-state index in [2.05, 4.69) is 62.4 Å². The van der Waals surface area contributed by atoms with Crippen LogP contribution in [0, 0.1) is 0 Å². The fraction of sp³-hybridized carbons (Fsp3) is 0.550. The fourth-order valence-electron chi connectivity index (χ4n) is 3.07. The summed E-state index contributed by atoms with van der Waals surface area (Å²) in [5.41, 5.74) is 6.38. The highest BCUT2D eigenvalue weighted by molar-refractivity contribution is 6.03. The van der Waals surface area contributed by atoms with Gasteiger partial charge in [-0.05, 0) is 42.2 Å². The van der Waals surface area contributed by atoms with Crippen LogP contribution in [0.5, 0.6) is 0 Å². The van der Waals surface area contributed by atoms with Gasteiger partial charge in [-0.2, -0.15) is 5.10 Å². The van der Waals surface area contributed by atoms with E-state index in [1.807, 2.05) is 19.1 Å². The number of allylic oxidation sites excluding steroid dienone is 2. The van der Waals surface area contributed by atoms with Crippen molar-refractivity contribution < 1.29 is 0 Å². The van der Waals surface area contributed by atoms with E-state index in [0.717, 1.165) is 18.6 Å². The molecule has 0 bridgehead atoms. The second kappa shape index (κ2) is 7.67. The highest BCUT2D eigenvalue weighted by Crippen LogP contribution is 2.34. The van der Waals surface area contributed by atoms with Gasteiger partial charge in [0.2, 0.25) is 0 Å². The van der Waals surface area contributed by atoms with E-state index in [0.29, 0.717) is 11.8 Å². The molecule has 0 fully saturated rings. The number of hydrazone groups is 1. The summed E-state index contributed by atoms with van der Waals surface area (Å²) < 4.78 is 0. The van der Waals surface area contributed by atoms with Gasteiger partial charge >= 0.3 is 0 Å². The molecule has 3 nitrogen and oxygen atoms in total. The van der Waals surface area contributed by atoms with Gasteiger partial charge in [0.1, 0.15) is 0 Å². The Bertz CT molecular complexity index is 569. The molecular weight excluding hydrogens is 282 g/mol. The number of rotatable bonds is 5. The highest BCUT2D eigenvalue weighted by atomic mass is 15.4. The minimum Gasteiger partial charge on any atom is -0.354 e. The lowest BCUT2D eigenvalue weighted by Gasteiger charge is -2.25. The third-order valence-corrected chi connectivity index (χ3v) is 4.23. The molecule has 0 radical (unpaired) electrons. The van der Waals surface area contributed by atoms with Crippen LogP contribution in [0.25, 0.3) is 0 Å². The maximum atomic E-state index is 4.68. The molecule has 23 heavy (non-hydrogen) atoms. The number of nitrogens with one attached hydrogen (secondary N) is 1. The molecule has 0 saturated heterocycles. The highest BCUT2D eigenvalue weighted by Gasteiger charge is 2.18. The molecule has 0 amide bonds. The topological polar surface area (TPSA) is 27.6 Å². The average Bonchev–Trinajstić information content (AvgIpc) is 2.48. The van der Waals surface area contributed by atoms with Gasteiger partial charge in [-0.1, -0.05) is 52.0 Å². The van der Waals surface area contributed by atoms with Crippen molar-refractivity contribution in [3.63, 3.8) is 0 Å². The van der Waals surface area contributed by atoms with Crippen LogP contribution in [-0.2, 0) is 0 Å². The van der Waals surface area contributed by atoms with E-state index in [-0.39, 0.29) is 0 Å². The monoisotopic (exact) mass is 313 g/mol. The van der Waals surface area contributed by atoms with Crippen molar-refractivity contribution in [1.82, 2.24) is 5.01 Å². The smallest absolute Gasteiger partial charge is 0.0836 e. The molecule has 0 heterocycles. The van der Waals surface area contributed by atoms with Crippen LogP contribution in [0.2, 0.25) is 0 Å². The molecule has 1 aliphatic rings. The van der Waals surface area contributed by atoms with Gasteiger partial charge < -0.3 is 10.3 Å². The van der Waals surface area contributed by atoms with Crippen LogP contribution >= 0.6 is 0 Å². The predicted octanol–water partition coefficient (Wildman–Crippen LogP) is 5.33. The Morgan fingerprint density at radius 2 is 1.65 bits per heavy atom. The largest absolute Gasteiger partial charge is 0.354 e. The van der Waals surface area contributed by atoms with E-state index in [1.165, 1.54) is 28.9 Å². The van der Waals surface area contributed by atoms with Gasteiger partial charge in [0.05, 0.1) is 11.4 Å². The van der Waals surface area contributed by atoms with Crippen LogP contribution < -0.4 is 5.32 Å². The summed E-state index contributed by atoms with van der Waals surface area (Å²) in [5.74, 6) is 0.990. The van der Waals surface area contributed by atoms with Gasteiger partial charge in [-0.25, -0.2) is 0 Å². The van der Waals surface area contributed by atoms with Gasteiger partial charge in [0, 0.05) is 19.8 Å². The zero-order chi connectivity index (χ0) is 17.0. The van der Waals surface area contributed by atoms with E-state index >= 15 is 0 Å². The maximum absolute atomic E-state index is 4.68. The summed E-state index contributed by atoms with van der Waals surface area (Å²) in [6, 6.07) is 6.66. The third-order valence-electron chi connectivity index (χ3n) is 4.23. The number of hydrogen-bond acceptors (Lipinski definition) is 3. The quantitative estimate of drug-likeness (QED) is 0.744. The first-order chi connectivity index (χ1) is 10.9. The van der Waals surface area contributed by atoms with Crippen molar-refractivity contribution in [3.05, 3.63) is 41.1 Å². The lowest BCUT2D eigenvalue weighted by atomic mass is 9.92. The molecule has 3 heteroatoms. The van der Waals surface area contributed by atoms with Crippen molar-refractivity contribution in [2.24, 2.45) is 5.10 Å². The molecule has 1 aromatic rings. The maximum Gasteiger partial charge on any atom is 0.0836 e. The zero-order valence-electron chi connectivity index (χ0n) is 15.5. The Kier molecular flexibility index (Phi) is 5.86. The van der Waals surface area contributed by atoms with Gasteiger partial charge in [0.15, 0.2) is 0 Å². The van der Waals surface area contributed by atoms with Crippen molar-refractivity contribution in [3.8, 4) is 0 Å². The van der Waals surface area contributed by atoms with E-state index in [4.69, 9.17) is 0 Å². The number of hydrogen-bond donors (Lipinski definition) is 1. The number of benzene rings is 1.